The minimum absolute atomic E-state index is 0.582. The van der Waals surface area contributed by atoms with Crippen LogP contribution in [0.2, 0.25) is 0 Å². The Morgan fingerprint density at radius 1 is 0.359 bits per heavy atom. The van der Waals surface area contributed by atoms with Gasteiger partial charge < -0.3 is 9.32 Å². The van der Waals surface area contributed by atoms with Gasteiger partial charge in [-0.1, -0.05) is 188 Å². The van der Waals surface area contributed by atoms with E-state index in [0.29, 0.717) is 0 Å². The summed E-state index contributed by atoms with van der Waals surface area (Å²) in [6.45, 7) is 0. The molecule has 0 bridgehead atoms. The summed E-state index contributed by atoms with van der Waals surface area (Å²) in [5.41, 5.74) is 16.7. The van der Waals surface area contributed by atoms with Gasteiger partial charge in [0.15, 0.2) is 0 Å². The fourth-order valence-electron chi connectivity index (χ4n) is 10.5. The van der Waals surface area contributed by atoms with Gasteiger partial charge in [0.2, 0.25) is 0 Å². The normalized spacial score (nSPS) is 14.3. The first kappa shape index (κ1) is 36.7. The van der Waals surface area contributed by atoms with Crippen molar-refractivity contribution in [1.29, 1.82) is 0 Å². The summed E-state index contributed by atoms with van der Waals surface area (Å²) in [6.07, 6.45) is 0. The highest BCUT2D eigenvalue weighted by Gasteiger charge is 2.47. The van der Waals surface area contributed by atoms with Gasteiger partial charge in [-0.2, -0.15) is 0 Å². The summed E-state index contributed by atoms with van der Waals surface area (Å²) in [6, 6.07) is 86.5. The zero-order valence-electron chi connectivity index (χ0n) is 34.8. The third-order valence-electron chi connectivity index (χ3n) is 13.4. The zero-order valence-corrected chi connectivity index (χ0v) is 35.6. The summed E-state index contributed by atoms with van der Waals surface area (Å²) >= 11 is 1.91. The smallest absolute Gasteiger partial charge is 0.143 e. The predicted octanol–water partition coefficient (Wildman–Crippen LogP) is 17.1. The van der Waals surface area contributed by atoms with Crippen molar-refractivity contribution < 1.29 is 4.42 Å². The molecule has 2 aromatic heterocycles. The lowest BCUT2D eigenvalue weighted by Crippen LogP contribution is -2.29. The number of anilines is 3. The Balaban J connectivity index is 1.03. The molecule has 0 radical (unpaired) electrons. The molecule has 3 heteroatoms. The van der Waals surface area contributed by atoms with Crippen LogP contribution in [0.15, 0.2) is 241 Å². The largest absolute Gasteiger partial charge is 0.455 e. The highest BCUT2D eigenvalue weighted by Crippen LogP contribution is 2.59. The first-order chi connectivity index (χ1) is 31.7. The van der Waals surface area contributed by atoms with E-state index in [9.17, 15) is 0 Å². The monoisotopic (exact) mass is 833 g/mol. The van der Waals surface area contributed by atoms with Gasteiger partial charge in [-0.25, -0.2) is 0 Å². The minimum atomic E-state index is -0.582. The molecule has 64 heavy (non-hydrogen) atoms. The topological polar surface area (TPSA) is 16.4 Å². The van der Waals surface area contributed by atoms with Gasteiger partial charge in [-0.15, -0.1) is 11.3 Å². The molecule has 300 valence electrons. The van der Waals surface area contributed by atoms with E-state index in [1.807, 2.05) is 23.5 Å². The SMILES string of the molecule is c1ccc(-c2ccc(N(c3ccc(-c4cccc5c4oc4ccccc45)cc3)c3ccc4c(c3)C(c3ccccc3)(c3cccc5c3sc3ccccc35)c3ccccc3-4)cc2)cc1. The van der Waals surface area contributed by atoms with Crippen LogP contribution in [0.3, 0.4) is 0 Å². The lowest BCUT2D eigenvalue weighted by Gasteiger charge is -2.35. The van der Waals surface area contributed by atoms with Crippen LogP contribution in [0.25, 0.3) is 75.5 Å². The second-order valence-electron chi connectivity index (χ2n) is 16.7. The average Bonchev–Trinajstić information content (AvgIpc) is 4.04. The molecule has 2 heterocycles. The molecule has 1 aliphatic carbocycles. The predicted molar refractivity (Wildman–Crippen MR) is 269 cm³/mol. The van der Waals surface area contributed by atoms with Gasteiger partial charge in [0, 0.05) is 53.6 Å². The number of furan rings is 1. The second-order valence-corrected chi connectivity index (χ2v) is 17.8. The van der Waals surface area contributed by atoms with Crippen LogP contribution in [0.5, 0.6) is 0 Å². The van der Waals surface area contributed by atoms with Gasteiger partial charge in [0.05, 0.1) is 5.41 Å². The maximum absolute atomic E-state index is 6.50. The number of fused-ring (bicyclic) bond motifs is 9. The van der Waals surface area contributed by atoms with E-state index >= 15 is 0 Å². The standard InChI is InChI=1S/C61H39NOS/c1-3-15-40(16-4-1)41-29-33-44(34-30-41)62(45-35-31-42(32-36-45)47-22-13-23-52-50-20-8-11-27-57(50)63-59(47)52)46-37-38-49-48-19-7-10-25-54(48)61(56(49)39-46,43-17-5-2-6-18-43)55-26-14-24-53-51-21-9-12-28-58(51)64-60(53)55/h1-39H. The number of para-hydroxylation sites is 2. The van der Waals surface area contributed by atoms with E-state index in [-0.39, 0.29) is 0 Å². The molecule has 2 nitrogen and oxygen atoms in total. The lowest BCUT2D eigenvalue weighted by atomic mass is 9.67. The van der Waals surface area contributed by atoms with Crippen molar-refractivity contribution in [3.8, 4) is 33.4 Å². The first-order valence-corrected chi connectivity index (χ1v) is 22.7. The van der Waals surface area contributed by atoms with Crippen LogP contribution >= 0.6 is 11.3 Å². The third kappa shape index (κ3) is 5.51. The lowest BCUT2D eigenvalue weighted by molar-refractivity contribution is 0.670. The fourth-order valence-corrected chi connectivity index (χ4v) is 11.8. The first-order valence-electron chi connectivity index (χ1n) is 21.9. The van der Waals surface area contributed by atoms with E-state index in [2.05, 4.69) is 229 Å². The van der Waals surface area contributed by atoms with Crippen LogP contribution in [-0.2, 0) is 5.41 Å². The molecule has 0 N–H and O–H groups in total. The summed E-state index contributed by atoms with van der Waals surface area (Å²) in [5.74, 6) is 0. The molecule has 13 rings (SSSR count). The van der Waals surface area contributed by atoms with Crippen molar-refractivity contribution in [2.75, 3.05) is 4.90 Å². The van der Waals surface area contributed by atoms with E-state index in [4.69, 9.17) is 4.42 Å². The Kier molecular flexibility index (Phi) is 8.34. The Bertz CT molecular complexity index is 3720. The highest BCUT2D eigenvalue weighted by atomic mass is 32.1. The third-order valence-corrected chi connectivity index (χ3v) is 14.6. The van der Waals surface area contributed by atoms with Crippen molar-refractivity contribution in [2.45, 2.75) is 5.41 Å². The maximum Gasteiger partial charge on any atom is 0.143 e. The molecule has 0 aliphatic heterocycles. The number of benzene rings is 10. The van der Waals surface area contributed by atoms with Crippen molar-refractivity contribution in [3.63, 3.8) is 0 Å². The molecule has 0 spiro atoms. The van der Waals surface area contributed by atoms with Crippen molar-refractivity contribution in [2.24, 2.45) is 0 Å². The Morgan fingerprint density at radius 2 is 0.922 bits per heavy atom. The molecule has 0 fully saturated rings. The number of rotatable bonds is 7. The van der Waals surface area contributed by atoms with E-state index < -0.39 is 5.41 Å². The summed E-state index contributed by atoms with van der Waals surface area (Å²) in [4.78, 5) is 2.42. The minimum Gasteiger partial charge on any atom is -0.455 e. The van der Waals surface area contributed by atoms with Gasteiger partial charge in [-0.05, 0) is 98.6 Å². The van der Waals surface area contributed by atoms with E-state index in [1.165, 1.54) is 64.7 Å². The van der Waals surface area contributed by atoms with Crippen LogP contribution in [0.1, 0.15) is 22.3 Å². The number of nitrogens with zero attached hydrogens (tertiary/aromatic N) is 1. The Morgan fingerprint density at radius 3 is 1.73 bits per heavy atom. The van der Waals surface area contributed by atoms with Gasteiger partial charge in [0.25, 0.3) is 0 Å². The van der Waals surface area contributed by atoms with E-state index in [1.54, 1.807) is 0 Å². The maximum atomic E-state index is 6.50. The summed E-state index contributed by atoms with van der Waals surface area (Å²) in [7, 11) is 0. The Hall–Kier alpha value is -7.98. The van der Waals surface area contributed by atoms with Crippen LogP contribution in [0, 0.1) is 0 Å². The summed E-state index contributed by atoms with van der Waals surface area (Å²) in [5, 5.41) is 4.87. The number of thiophene rings is 1. The van der Waals surface area contributed by atoms with Gasteiger partial charge in [-0.3, -0.25) is 0 Å². The molecule has 1 unspecified atom stereocenters. The van der Waals surface area contributed by atoms with Crippen LogP contribution in [-0.4, -0.2) is 0 Å². The van der Waals surface area contributed by atoms with Gasteiger partial charge >= 0.3 is 0 Å². The summed E-state index contributed by atoms with van der Waals surface area (Å²) < 4.78 is 9.13. The van der Waals surface area contributed by atoms with Crippen molar-refractivity contribution in [1.82, 2.24) is 0 Å². The van der Waals surface area contributed by atoms with Crippen molar-refractivity contribution >= 4 is 70.5 Å². The molecule has 1 aliphatic rings. The zero-order chi connectivity index (χ0) is 42.2. The highest BCUT2D eigenvalue weighted by molar-refractivity contribution is 7.26. The molecule has 12 aromatic rings. The van der Waals surface area contributed by atoms with Crippen molar-refractivity contribution in [3.05, 3.63) is 259 Å². The van der Waals surface area contributed by atoms with Gasteiger partial charge in [0.1, 0.15) is 11.2 Å². The van der Waals surface area contributed by atoms with Crippen LogP contribution in [0.4, 0.5) is 17.1 Å². The van der Waals surface area contributed by atoms with E-state index in [0.717, 1.165) is 50.1 Å². The molecule has 0 saturated carbocycles. The molecule has 0 saturated heterocycles. The number of hydrogen-bond acceptors (Lipinski definition) is 3. The van der Waals surface area contributed by atoms with Crippen LogP contribution < -0.4 is 4.90 Å². The average molecular weight is 834 g/mol. The molecular weight excluding hydrogens is 795 g/mol. The molecule has 10 aromatic carbocycles. The second kappa shape index (κ2) is 14.6. The fraction of sp³-hybridized carbons (Fsp3) is 0.0164. The number of hydrogen-bond donors (Lipinski definition) is 0. The molecule has 1 atom stereocenters. The quantitative estimate of drug-likeness (QED) is 0.159. The molecule has 0 amide bonds. The molecular formula is C61H39NOS. The Labute approximate surface area is 375 Å².